The molecule has 1 atom stereocenters. The van der Waals surface area contributed by atoms with Crippen LogP contribution in [0.5, 0.6) is 0 Å². The minimum Gasteiger partial charge on any atom is -0.370 e. The minimum atomic E-state index is -0.667. The molecule has 6 heteroatoms. The molecular weight excluding hydrogens is 395 g/mol. The number of carbonyl (C=O) groups is 2. The highest BCUT2D eigenvalue weighted by molar-refractivity contribution is 6.42. The van der Waals surface area contributed by atoms with Crippen LogP contribution in [-0.4, -0.2) is 11.7 Å². The monoisotopic (exact) mass is 412 g/mol. The molecule has 4 nitrogen and oxygen atoms in total. The Morgan fingerprint density at radius 1 is 0.821 bits per heavy atom. The number of anilines is 2. The van der Waals surface area contributed by atoms with Gasteiger partial charge in [0.05, 0.1) is 10.0 Å². The normalized spacial score (nSPS) is 11.5. The Hall–Kier alpha value is -2.82. The molecular formula is C22H18Cl2N2O2. The molecule has 1 amide bonds. The van der Waals surface area contributed by atoms with Crippen LogP contribution >= 0.6 is 23.2 Å². The Kier molecular flexibility index (Phi) is 6.34. The van der Waals surface area contributed by atoms with E-state index in [0.717, 1.165) is 5.56 Å². The van der Waals surface area contributed by atoms with Gasteiger partial charge in [-0.15, -0.1) is 0 Å². The first-order chi connectivity index (χ1) is 13.4. The van der Waals surface area contributed by atoms with Crippen molar-refractivity contribution in [3.05, 3.63) is 94.0 Å². The van der Waals surface area contributed by atoms with E-state index in [-0.39, 0.29) is 11.7 Å². The number of rotatable bonds is 6. The van der Waals surface area contributed by atoms with Gasteiger partial charge in [0.1, 0.15) is 6.04 Å². The molecule has 1 unspecified atom stereocenters. The van der Waals surface area contributed by atoms with E-state index in [9.17, 15) is 9.59 Å². The molecule has 3 aromatic rings. The predicted molar refractivity (Wildman–Crippen MR) is 114 cm³/mol. The van der Waals surface area contributed by atoms with Gasteiger partial charge in [-0.3, -0.25) is 9.59 Å². The highest BCUT2D eigenvalue weighted by Crippen LogP contribution is 2.28. The molecule has 0 aliphatic carbocycles. The molecule has 142 valence electrons. The van der Waals surface area contributed by atoms with Gasteiger partial charge in [-0.05, 0) is 42.8 Å². The summed E-state index contributed by atoms with van der Waals surface area (Å²) >= 11 is 12.1. The molecule has 0 spiro atoms. The lowest BCUT2D eigenvalue weighted by Crippen LogP contribution is -2.27. The van der Waals surface area contributed by atoms with Gasteiger partial charge in [-0.1, -0.05) is 65.7 Å². The standard InChI is InChI=1S/C22H18Cl2N2O2/c1-14(27)16-8-5-9-17(12-16)26-22(28)21(15-6-3-2-4-7-15)25-18-10-11-19(23)20(24)13-18/h2-13,21,25H,1H3,(H,26,28). The largest absolute Gasteiger partial charge is 0.370 e. The molecule has 0 bridgehead atoms. The van der Waals surface area contributed by atoms with Crippen molar-refractivity contribution < 1.29 is 9.59 Å². The third-order valence-corrected chi connectivity index (χ3v) is 4.90. The molecule has 0 saturated carbocycles. The molecule has 3 rings (SSSR count). The lowest BCUT2D eigenvalue weighted by atomic mass is 10.1. The number of carbonyl (C=O) groups excluding carboxylic acids is 2. The van der Waals surface area contributed by atoms with E-state index in [4.69, 9.17) is 23.2 Å². The summed E-state index contributed by atoms with van der Waals surface area (Å²) in [6.07, 6.45) is 0. The van der Waals surface area contributed by atoms with Crippen molar-refractivity contribution in [2.24, 2.45) is 0 Å². The summed E-state index contributed by atoms with van der Waals surface area (Å²) in [4.78, 5) is 24.6. The quantitative estimate of drug-likeness (QED) is 0.488. The third-order valence-electron chi connectivity index (χ3n) is 4.16. The van der Waals surface area contributed by atoms with Gasteiger partial charge < -0.3 is 10.6 Å². The second kappa shape index (κ2) is 8.91. The fourth-order valence-corrected chi connectivity index (χ4v) is 3.03. The van der Waals surface area contributed by atoms with Crippen molar-refractivity contribution in [1.82, 2.24) is 0 Å². The molecule has 0 fully saturated rings. The van der Waals surface area contributed by atoms with Crippen molar-refractivity contribution in [1.29, 1.82) is 0 Å². The number of Topliss-reactive ketones (excluding diaryl/α,β-unsaturated/α-hetero) is 1. The first-order valence-electron chi connectivity index (χ1n) is 8.62. The summed E-state index contributed by atoms with van der Waals surface area (Å²) in [5.74, 6) is -0.331. The van der Waals surface area contributed by atoms with Crippen LogP contribution in [-0.2, 0) is 4.79 Å². The van der Waals surface area contributed by atoms with Gasteiger partial charge in [0.2, 0.25) is 0 Å². The van der Waals surface area contributed by atoms with Gasteiger partial charge >= 0.3 is 0 Å². The van der Waals surface area contributed by atoms with Gasteiger partial charge in [-0.2, -0.15) is 0 Å². The van der Waals surface area contributed by atoms with E-state index in [1.165, 1.54) is 6.92 Å². The van der Waals surface area contributed by atoms with Crippen molar-refractivity contribution in [3.8, 4) is 0 Å². The number of amides is 1. The highest BCUT2D eigenvalue weighted by Gasteiger charge is 2.21. The van der Waals surface area contributed by atoms with Crippen LogP contribution in [0.15, 0.2) is 72.8 Å². The van der Waals surface area contributed by atoms with E-state index < -0.39 is 6.04 Å². The number of hydrogen-bond acceptors (Lipinski definition) is 3. The second-order valence-corrected chi connectivity index (χ2v) is 7.06. The van der Waals surface area contributed by atoms with Crippen LogP contribution in [0.4, 0.5) is 11.4 Å². The average molecular weight is 413 g/mol. The van der Waals surface area contributed by atoms with Gasteiger partial charge in [-0.25, -0.2) is 0 Å². The molecule has 28 heavy (non-hydrogen) atoms. The van der Waals surface area contributed by atoms with E-state index in [2.05, 4.69) is 10.6 Å². The zero-order valence-corrected chi connectivity index (χ0v) is 16.6. The maximum absolute atomic E-state index is 13.0. The van der Waals surface area contributed by atoms with E-state index in [1.54, 1.807) is 42.5 Å². The summed E-state index contributed by atoms with van der Waals surface area (Å²) in [6, 6.07) is 20.6. The van der Waals surface area contributed by atoms with Gasteiger partial charge in [0.25, 0.3) is 5.91 Å². The summed E-state index contributed by atoms with van der Waals surface area (Å²) in [6.45, 7) is 1.49. The number of ketones is 1. The van der Waals surface area contributed by atoms with E-state index >= 15 is 0 Å². The zero-order chi connectivity index (χ0) is 20.1. The summed E-state index contributed by atoms with van der Waals surface area (Å²) in [7, 11) is 0. The minimum absolute atomic E-state index is 0.0651. The maximum Gasteiger partial charge on any atom is 0.251 e. The Bertz CT molecular complexity index is 1010. The Morgan fingerprint density at radius 3 is 2.25 bits per heavy atom. The first-order valence-corrected chi connectivity index (χ1v) is 9.38. The van der Waals surface area contributed by atoms with Crippen LogP contribution in [0.1, 0.15) is 28.9 Å². The van der Waals surface area contributed by atoms with Crippen LogP contribution < -0.4 is 10.6 Å². The molecule has 0 aliphatic heterocycles. The Labute approximate surface area is 173 Å². The molecule has 0 aliphatic rings. The predicted octanol–water partition coefficient (Wildman–Crippen LogP) is 5.99. The fraction of sp³-hybridized carbons (Fsp3) is 0.0909. The van der Waals surface area contributed by atoms with Crippen molar-refractivity contribution in [2.75, 3.05) is 10.6 Å². The lowest BCUT2D eigenvalue weighted by Gasteiger charge is -2.20. The third kappa shape index (κ3) is 4.91. The van der Waals surface area contributed by atoms with Gasteiger partial charge in [0.15, 0.2) is 5.78 Å². The molecule has 0 heterocycles. The summed E-state index contributed by atoms with van der Waals surface area (Å²) in [5, 5.41) is 6.90. The summed E-state index contributed by atoms with van der Waals surface area (Å²) in [5.41, 5.74) is 2.53. The smallest absolute Gasteiger partial charge is 0.251 e. The number of nitrogens with one attached hydrogen (secondary N) is 2. The average Bonchev–Trinajstić information content (AvgIpc) is 2.69. The zero-order valence-electron chi connectivity index (χ0n) is 15.1. The maximum atomic E-state index is 13.0. The fourth-order valence-electron chi connectivity index (χ4n) is 2.73. The molecule has 2 N–H and O–H groups in total. The lowest BCUT2D eigenvalue weighted by molar-refractivity contribution is -0.117. The van der Waals surface area contributed by atoms with Crippen LogP contribution in [0.2, 0.25) is 10.0 Å². The molecule has 0 saturated heterocycles. The SMILES string of the molecule is CC(=O)c1cccc(NC(=O)C(Nc2ccc(Cl)c(Cl)c2)c2ccccc2)c1. The second-order valence-electron chi connectivity index (χ2n) is 6.24. The Balaban J connectivity index is 1.88. The van der Waals surface area contributed by atoms with Crippen LogP contribution in [0.3, 0.4) is 0 Å². The molecule has 0 radical (unpaired) electrons. The number of hydrogen-bond donors (Lipinski definition) is 2. The van der Waals surface area contributed by atoms with E-state index in [1.807, 2.05) is 30.3 Å². The highest BCUT2D eigenvalue weighted by atomic mass is 35.5. The van der Waals surface area contributed by atoms with Crippen molar-refractivity contribution in [3.63, 3.8) is 0 Å². The van der Waals surface area contributed by atoms with Gasteiger partial charge in [0, 0.05) is 16.9 Å². The molecule has 0 aromatic heterocycles. The van der Waals surface area contributed by atoms with Crippen LogP contribution in [0, 0.1) is 0 Å². The van der Waals surface area contributed by atoms with Crippen molar-refractivity contribution in [2.45, 2.75) is 13.0 Å². The molecule has 3 aromatic carbocycles. The van der Waals surface area contributed by atoms with E-state index in [0.29, 0.717) is 27.0 Å². The first kappa shape index (κ1) is 19.9. The summed E-state index contributed by atoms with van der Waals surface area (Å²) < 4.78 is 0. The Morgan fingerprint density at radius 2 is 1.57 bits per heavy atom. The number of halogens is 2. The van der Waals surface area contributed by atoms with Crippen LogP contribution in [0.25, 0.3) is 0 Å². The number of benzene rings is 3. The van der Waals surface area contributed by atoms with Crippen molar-refractivity contribution >= 4 is 46.3 Å². The topological polar surface area (TPSA) is 58.2 Å².